The van der Waals surface area contributed by atoms with Crippen LogP contribution < -0.4 is 9.47 Å². The third-order valence-corrected chi connectivity index (χ3v) is 3.29. The van der Waals surface area contributed by atoms with E-state index in [0.717, 1.165) is 21.7 Å². The van der Waals surface area contributed by atoms with Crippen molar-refractivity contribution in [2.75, 3.05) is 7.11 Å². The second-order valence-electron chi connectivity index (χ2n) is 3.06. The molecule has 0 spiro atoms. The maximum absolute atomic E-state index is 5.64. The number of thiazole rings is 1. The van der Waals surface area contributed by atoms with Gasteiger partial charge in [0.25, 0.3) is 0 Å². The Morgan fingerprint density at radius 2 is 2.31 bits per heavy atom. The molecular formula is C11H10BrNO2S. The molecule has 0 N–H and O–H groups in total. The second-order valence-corrected chi connectivity index (χ2v) is 4.64. The van der Waals surface area contributed by atoms with Gasteiger partial charge in [-0.3, -0.25) is 0 Å². The molecule has 0 amide bonds. The maximum atomic E-state index is 5.64. The highest BCUT2D eigenvalue weighted by atomic mass is 79.9. The van der Waals surface area contributed by atoms with Crippen LogP contribution in [0.3, 0.4) is 0 Å². The Hall–Kier alpha value is -1.07. The van der Waals surface area contributed by atoms with E-state index in [0.29, 0.717) is 6.61 Å². The number of nitrogens with zero attached hydrogens (tertiary/aromatic N) is 1. The number of ether oxygens (including phenoxy) is 2. The summed E-state index contributed by atoms with van der Waals surface area (Å²) in [4.78, 5) is 4.15. The smallest absolute Gasteiger partial charge is 0.137 e. The van der Waals surface area contributed by atoms with Crippen LogP contribution in [-0.2, 0) is 6.61 Å². The molecule has 0 fully saturated rings. The fourth-order valence-corrected chi connectivity index (χ4v) is 2.09. The Kier molecular flexibility index (Phi) is 3.79. The zero-order chi connectivity index (χ0) is 11.4. The van der Waals surface area contributed by atoms with Gasteiger partial charge < -0.3 is 9.47 Å². The minimum absolute atomic E-state index is 0.468. The van der Waals surface area contributed by atoms with Crippen molar-refractivity contribution in [1.82, 2.24) is 4.98 Å². The zero-order valence-corrected chi connectivity index (χ0v) is 11.0. The topological polar surface area (TPSA) is 31.4 Å². The second kappa shape index (κ2) is 5.32. The number of aromatic nitrogens is 1. The highest BCUT2D eigenvalue weighted by Crippen LogP contribution is 2.29. The van der Waals surface area contributed by atoms with E-state index < -0.39 is 0 Å². The third kappa shape index (κ3) is 2.74. The molecule has 0 aliphatic rings. The molecule has 1 heterocycles. The van der Waals surface area contributed by atoms with Crippen molar-refractivity contribution in [3.8, 4) is 11.5 Å². The number of halogens is 1. The fraction of sp³-hybridized carbons (Fsp3) is 0.182. The monoisotopic (exact) mass is 299 g/mol. The van der Waals surface area contributed by atoms with Gasteiger partial charge in [0.2, 0.25) is 0 Å². The molecule has 3 nitrogen and oxygen atoms in total. The summed E-state index contributed by atoms with van der Waals surface area (Å²) in [7, 11) is 1.63. The number of hydrogen-bond donors (Lipinski definition) is 0. The van der Waals surface area contributed by atoms with Gasteiger partial charge in [-0.15, -0.1) is 11.3 Å². The van der Waals surface area contributed by atoms with Crippen LogP contribution in [0.2, 0.25) is 0 Å². The van der Waals surface area contributed by atoms with Crippen molar-refractivity contribution in [3.63, 3.8) is 0 Å². The Bertz CT molecular complexity index is 459. The first-order valence-corrected chi connectivity index (χ1v) is 6.36. The molecule has 1 aromatic heterocycles. The number of rotatable bonds is 4. The van der Waals surface area contributed by atoms with Crippen molar-refractivity contribution >= 4 is 27.3 Å². The summed E-state index contributed by atoms with van der Waals surface area (Å²) in [6, 6.07) is 5.62. The molecule has 0 saturated carbocycles. The Labute approximate surface area is 106 Å². The largest absolute Gasteiger partial charge is 0.497 e. The summed E-state index contributed by atoms with van der Waals surface area (Å²) in [5.74, 6) is 1.53. The molecule has 0 unspecified atom stereocenters. The van der Waals surface area contributed by atoms with Gasteiger partial charge in [-0.25, -0.2) is 4.98 Å². The van der Waals surface area contributed by atoms with Crippen LogP contribution in [0.1, 0.15) is 5.69 Å². The molecule has 0 saturated heterocycles. The molecule has 0 aliphatic heterocycles. The summed E-state index contributed by atoms with van der Waals surface area (Å²) in [5, 5.41) is 1.97. The third-order valence-electron chi connectivity index (χ3n) is 2.00. The average molecular weight is 300 g/mol. The van der Waals surface area contributed by atoms with E-state index in [1.807, 2.05) is 23.6 Å². The predicted molar refractivity (Wildman–Crippen MR) is 67.1 cm³/mol. The lowest BCUT2D eigenvalue weighted by Crippen LogP contribution is -1.96. The summed E-state index contributed by atoms with van der Waals surface area (Å²) in [6.07, 6.45) is 0. The Balaban J connectivity index is 2.08. The first-order valence-electron chi connectivity index (χ1n) is 4.63. The van der Waals surface area contributed by atoms with Gasteiger partial charge in [-0.2, -0.15) is 0 Å². The normalized spacial score (nSPS) is 10.1. The van der Waals surface area contributed by atoms with Gasteiger partial charge in [-0.05, 0) is 28.1 Å². The molecule has 0 radical (unpaired) electrons. The Morgan fingerprint density at radius 3 is 3.00 bits per heavy atom. The molecule has 5 heteroatoms. The SMILES string of the molecule is COc1ccc(Br)c(OCc2cscn2)c1. The van der Waals surface area contributed by atoms with Gasteiger partial charge in [0.15, 0.2) is 0 Å². The van der Waals surface area contributed by atoms with E-state index >= 15 is 0 Å². The molecule has 0 aliphatic carbocycles. The molecular weight excluding hydrogens is 290 g/mol. The zero-order valence-electron chi connectivity index (χ0n) is 8.64. The highest BCUT2D eigenvalue weighted by Gasteiger charge is 2.04. The van der Waals surface area contributed by atoms with Crippen LogP contribution in [0, 0.1) is 0 Å². The van der Waals surface area contributed by atoms with Crippen LogP contribution in [0.4, 0.5) is 0 Å². The van der Waals surface area contributed by atoms with Crippen LogP contribution in [-0.4, -0.2) is 12.1 Å². The van der Waals surface area contributed by atoms with Crippen molar-refractivity contribution in [2.24, 2.45) is 0 Å². The quantitative estimate of drug-likeness (QED) is 0.866. The molecule has 2 rings (SSSR count). The van der Waals surface area contributed by atoms with Crippen molar-refractivity contribution < 1.29 is 9.47 Å². The van der Waals surface area contributed by atoms with E-state index in [1.165, 1.54) is 0 Å². The summed E-state index contributed by atoms with van der Waals surface area (Å²) in [6.45, 7) is 0.468. The highest BCUT2D eigenvalue weighted by molar-refractivity contribution is 9.10. The Morgan fingerprint density at radius 1 is 1.44 bits per heavy atom. The lowest BCUT2D eigenvalue weighted by Gasteiger charge is -2.08. The number of benzene rings is 1. The van der Waals surface area contributed by atoms with Gasteiger partial charge in [0, 0.05) is 11.4 Å². The van der Waals surface area contributed by atoms with Gasteiger partial charge in [0.1, 0.15) is 18.1 Å². The standard InChI is InChI=1S/C11H10BrNO2S/c1-14-9-2-3-10(12)11(4-9)15-5-8-6-16-7-13-8/h2-4,6-7H,5H2,1H3. The first-order chi connectivity index (χ1) is 7.79. The van der Waals surface area contributed by atoms with Crippen molar-refractivity contribution in [3.05, 3.63) is 39.3 Å². The van der Waals surface area contributed by atoms with Crippen LogP contribution in [0.15, 0.2) is 33.6 Å². The van der Waals surface area contributed by atoms with E-state index in [-0.39, 0.29) is 0 Å². The molecule has 2 aromatic rings. The number of methoxy groups -OCH3 is 1. The van der Waals surface area contributed by atoms with E-state index in [1.54, 1.807) is 24.0 Å². The predicted octanol–water partition coefficient (Wildman–Crippen LogP) is 3.49. The van der Waals surface area contributed by atoms with Gasteiger partial charge >= 0.3 is 0 Å². The summed E-state index contributed by atoms with van der Waals surface area (Å²) in [5.41, 5.74) is 2.72. The lowest BCUT2D eigenvalue weighted by atomic mass is 10.3. The maximum Gasteiger partial charge on any atom is 0.137 e. The first kappa shape index (κ1) is 11.4. The lowest BCUT2D eigenvalue weighted by molar-refractivity contribution is 0.298. The van der Waals surface area contributed by atoms with Gasteiger partial charge in [0.05, 0.1) is 22.8 Å². The fourth-order valence-electron chi connectivity index (χ4n) is 1.18. The van der Waals surface area contributed by atoms with Crippen molar-refractivity contribution in [1.29, 1.82) is 0 Å². The summed E-state index contributed by atoms with van der Waals surface area (Å²) >= 11 is 4.98. The minimum Gasteiger partial charge on any atom is -0.497 e. The van der Waals surface area contributed by atoms with Crippen LogP contribution in [0.5, 0.6) is 11.5 Å². The van der Waals surface area contributed by atoms with Crippen LogP contribution >= 0.6 is 27.3 Å². The van der Waals surface area contributed by atoms with Crippen LogP contribution in [0.25, 0.3) is 0 Å². The molecule has 84 valence electrons. The molecule has 16 heavy (non-hydrogen) atoms. The number of hydrogen-bond acceptors (Lipinski definition) is 4. The van der Waals surface area contributed by atoms with E-state index in [4.69, 9.17) is 9.47 Å². The minimum atomic E-state index is 0.468. The van der Waals surface area contributed by atoms with Crippen molar-refractivity contribution in [2.45, 2.75) is 6.61 Å². The average Bonchev–Trinajstić information content (AvgIpc) is 2.81. The van der Waals surface area contributed by atoms with E-state index in [9.17, 15) is 0 Å². The van der Waals surface area contributed by atoms with Gasteiger partial charge in [-0.1, -0.05) is 0 Å². The molecule has 0 bridgehead atoms. The molecule has 1 aromatic carbocycles. The van der Waals surface area contributed by atoms with E-state index in [2.05, 4.69) is 20.9 Å². The molecule has 0 atom stereocenters. The summed E-state index contributed by atoms with van der Waals surface area (Å²) < 4.78 is 11.7.